The largest absolute Gasteiger partial charge is 0.411 e. The van der Waals surface area contributed by atoms with E-state index < -0.39 is 0 Å². The molecule has 1 aromatic heterocycles. The van der Waals surface area contributed by atoms with Crippen LogP contribution in [-0.4, -0.2) is 24.3 Å². The van der Waals surface area contributed by atoms with Crippen LogP contribution in [0.4, 0.5) is 5.69 Å². The van der Waals surface area contributed by atoms with E-state index in [-0.39, 0.29) is 0 Å². The average molecular weight is 268 g/mol. The summed E-state index contributed by atoms with van der Waals surface area (Å²) < 4.78 is 5.25. The van der Waals surface area contributed by atoms with E-state index in [1.807, 2.05) is 43.3 Å². The standard InChI is InChI=1S/C10H10BrN3O/c1-14(2)8-5-3-7(4-6-8)9-12-13-10(11)15-9/h3-6H,1-2H3. The summed E-state index contributed by atoms with van der Waals surface area (Å²) in [6.45, 7) is 0. The Morgan fingerprint density at radius 2 is 1.80 bits per heavy atom. The van der Waals surface area contributed by atoms with Crippen molar-refractivity contribution in [1.82, 2.24) is 10.2 Å². The Morgan fingerprint density at radius 3 is 2.27 bits per heavy atom. The molecule has 2 rings (SSSR count). The summed E-state index contributed by atoms with van der Waals surface area (Å²) in [7, 11) is 4.00. The molecule has 0 saturated heterocycles. The molecule has 78 valence electrons. The van der Waals surface area contributed by atoms with E-state index in [9.17, 15) is 0 Å². The number of aromatic nitrogens is 2. The van der Waals surface area contributed by atoms with Gasteiger partial charge in [0.15, 0.2) is 0 Å². The predicted molar refractivity (Wildman–Crippen MR) is 61.8 cm³/mol. The van der Waals surface area contributed by atoms with Gasteiger partial charge in [-0.15, -0.1) is 10.2 Å². The molecule has 0 aliphatic carbocycles. The van der Waals surface area contributed by atoms with Crippen LogP contribution in [0.1, 0.15) is 0 Å². The molecular formula is C10H10BrN3O. The molecule has 1 aromatic carbocycles. The lowest BCUT2D eigenvalue weighted by molar-refractivity contribution is 0.540. The van der Waals surface area contributed by atoms with Crippen molar-refractivity contribution in [1.29, 1.82) is 0 Å². The molecule has 0 N–H and O–H groups in total. The van der Waals surface area contributed by atoms with Crippen molar-refractivity contribution in [3.05, 3.63) is 29.1 Å². The highest BCUT2D eigenvalue weighted by Gasteiger charge is 2.06. The van der Waals surface area contributed by atoms with Gasteiger partial charge in [0.2, 0.25) is 5.89 Å². The van der Waals surface area contributed by atoms with Crippen LogP contribution in [-0.2, 0) is 0 Å². The van der Waals surface area contributed by atoms with E-state index in [1.165, 1.54) is 0 Å². The van der Waals surface area contributed by atoms with Gasteiger partial charge in [-0.2, -0.15) is 0 Å². The zero-order chi connectivity index (χ0) is 10.8. The third kappa shape index (κ3) is 2.18. The van der Waals surface area contributed by atoms with Crippen LogP contribution < -0.4 is 4.90 Å². The van der Waals surface area contributed by atoms with E-state index in [0.717, 1.165) is 11.3 Å². The molecule has 0 radical (unpaired) electrons. The number of benzene rings is 1. The molecule has 0 aliphatic heterocycles. The highest BCUT2D eigenvalue weighted by Crippen LogP contribution is 2.22. The zero-order valence-corrected chi connectivity index (χ0v) is 10.0. The van der Waals surface area contributed by atoms with E-state index in [1.54, 1.807) is 0 Å². The zero-order valence-electron chi connectivity index (χ0n) is 8.44. The van der Waals surface area contributed by atoms with Crippen LogP contribution in [0.25, 0.3) is 11.5 Å². The van der Waals surface area contributed by atoms with Gasteiger partial charge >= 0.3 is 0 Å². The number of rotatable bonds is 2. The Morgan fingerprint density at radius 1 is 1.13 bits per heavy atom. The molecule has 1 heterocycles. The van der Waals surface area contributed by atoms with Crippen molar-refractivity contribution in [2.24, 2.45) is 0 Å². The average Bonchev–Trinajstić information content (AvgIpc) is 2.65. The van der Waals surface area contributed by atoms with Crippen molar-refractivity contribution in [2.45, 2.75) is 0 Å². The Hall–Kier alpha value is -1.36. The van der Waals surface area contributed by atoms with Gasteiger partial charge in [0.1, 0.15) is 0 Å². The normalized spacial score (nSPS) is 10.3. The molecule has 15 heavy (non-hydrogen) atoms. The molecule has 0 unspecified atom stereocenters. The van der Waals surface area contributed by atoms with E-state index >= 15 is 0 Å². The number of halogens is 1. The SMILES string of the molecule is CN(C)c1ccc(-c2nnc(Br)o2)cc1. The predicted octanol–water partition coefficient (Wildman–Crippen LogP) is 2.57. The molecule has 0 fully saturated rings. The summed E-state index contributed by atoms with van der Waals surface area (Å²) in [6.07, 6.45) is 0. The summed E-state index contributed by atoms with van der Waals surface area (Å²) in [5, 5.41) is 7.62. The first-order valence-corrected chi connectivity index (χ1v) is 5.23. The second kappa shape index (κ2) is 4.02. The fraction of sp³-hybridized carbons (Fsp3) is 0.200. The van der Waals surface area contributed by atoms with Gasteiger partial charge in [0.25, 0.3) is 4.80 Å². The fourth-order valence-electron chi connectivity index (χ4n) is 1.22. The number of hydrogen-bond donors (Lipinski definition) is 0. The molecule has 5 heteroatoms. The lowest BCUT2D eigenvalue weighted by atomic mass is 10.2. The monoisotopic (exact) mass is 267 g/mol. The van der Waals surface area contributed by atoms with Crippen molar-refractivity contribution < 1.29 is 4.42 Å². The Balaban J connectivity index is 2.31. The fourth-order valence-corrected chi connectivity index (χ4v) is 1.46. The minimum atomic E-state index is 0.397. The Kier molecular flexibility index (Phi) is 2.73. The molecule has 0 amide bonds. The van der Waals surface area contributed by atoms with Crippen LogP contribution in [0.3, 0.4) is 0 Å². The lowest BCUT2D eigenvalue weighted by Gasteiger charge is -2.11. The maximum Gasteiger partial charge on any atom is 0.285 e. The summed E-state index contributed by atoms with van der Waals surface area (Å²) in [6, 6.07) is 7.92. The number of nitrogens with zero attached hydrogens (tertiary/aromatic N) is 3. The second-order valence-electron chi connectivity index (χ2n) is 3.30. The molecular weight excluding hydrogens is 258 g/mol. The molecule has 0 aliphatic rings. The number of hydrogen-bond acceptors (Lipinski definition) is 4. The van der Waals surface area contributed by atoms with Crippen LogP contribution >= 0.6 is 15.9 Å². The molecule has 0 atom stereocenters. The molecule has 2 aromatic rings. The smallest absolute Gasteiger partial charge is 0.285 e. The molecule has 0 bridgehead atoms. The third-order valence-electron chi connectivity index (χ3n) is 2.03. The third-order valence-corrected chi connectivity index (χ3v) is 2.35. The molecule has 0 saturated carbocycles. The first-order valence-electron chi connectivity index (χ1n) is 4.43. The highest BCUT2D eigenvalue weighted by molar-refractivity contribution is 9.10. The van der Waals surface area contributed by atoms with Crippen molar-refractivity contribution in [2.75, 3.05) is 19.0 Å². The first kappa shape index (κ1) is 10.2. The van der Waals surface area contributed by atoms with Crippen molar-refractivity contribution in [3.63, 3.8) is 0 Å². The summed E-state index contributed by atoms with van der Waals surface area (Å²) in [5.74, 6) is 0.521. The van der Waals surface area contributed by atoms with E-state index in [0.29, 0.717) is 10.7 Å². The van der Waals surface area contributed by atoms with Crippen molar-refractivity contribution in [3.8, 4) is 11.5 Å². The lowest BCUT2D eigenvalue weighted by Crippen LogP contribution is -2.07. The van der Waals surface area contributed by atoms with Gasteiger partial charge in [-0.25, -0.2) is 0 Å². The van der Waals surface area contributed by atoms with E-state index in [2.05, 4.69) is 26.1 Å². The van der Waals surface area contributed by atoms with Gasteiger partial charge in [-0.05, 0) is 24.3 Å². The minimum Gasteiger partial charge on any atom is -0.411 e. The minimum absolute atomic E-state index is 0.397. The summed E-state index contributed by atoms with van der Waals surface area (Å²) >= 11 is 3.12. The molecule has 4 nitrogen and oxygen atoms in total. The summed E-state index contributed by atoms with van der Waals surface area (Å²) in [5.41, 5.74) is 2.05. The van der Waals surface area contributed by atoms with Gasteiger partial charge < -0.3 is 9.32 Å². The van der Waals surface area contributed by atoms with E-state index in [4.69, 9.17) is 4.42 Å². The maximum absolute atomic E-state index is 5.25. The van der Waals surface area contributed by atoms with Crippen LogP contribution in [0.15, 0.2) is 33.5 Å². The van der Waals surface area contributed by atoms with Gasteiger partial charge in [-0.1, -0.05) is 0 Å². The van der Waals surface area contributed by atoms with Crippen molar-refractivity contribution >= 4 is 21.6 Å². The summed E-state index contributed by atoms with van der Waals surface area (Å²) in [4.78, 5) is 2.43. The topological polar surface area (TPSA) is 42.2 Å². The first-order chi connectivity index (χ1) is 7.16. The highest BCUT2D eigenvalue weighted by atomic mass is 79.9. The van der Waals surface area contributed by atoms with Crippen LogP contribution in [0.2, 0.25) is 0 Å². The Labute approximate surface area is 96.0 Å². The molecule has 0 spiro atoms. The van der Waals surface area contributed by atoms with Crippen LogP contribution in [0.5, 0.6) is 0 Å². The van der Waals surface area contributed by atoms with Gasteiger partial charge in [0.05, 0.1) is 0 Å². The van der Waals surface area contributed by atoms with Gasteiger partial charge in [-0.3, -0.25) is 0 Å². The second-order valence-corrected chi connectivity index (χ2v) is 3.98. The van der Waals surface area contributed by atoms with Crippen LogP contribution in [0, 0.1) is 0 Å². The quantitative estimate of drug-likeness (QED) is 0.839. The maximum atomic E-state index is 5.25. The Bertz CT molecular complexity index is 450. The number of anilines is 1. The van der Waals surface area contributed by atoms with Gasteiger partial charge in [0, 0.05) is 41.3 Å².